The molecule has 2 aromatic rings. The minimum absolute atomic E-state index is 0.611. The van der Waals surface area contributed by atoms with Crippen LogP contribution in [-0.4, -0.2) is 11.7 Å². The first-order valence-corrected chi connectivity index (χ1v) is 5.85. The number of benzene rings is 2. The zero-order chi connectivity index (χ0) is 12.1. The van der Waals surface area contributed by atoms with Crippen LogP contribution in [0.1, 0.15) is 0 Å². The molecule has 0 amide bonds. The van der Waals surface area contributed by atoms with E-state index in [1.165, 1.54) is 10.8 Å². The lowest BCUT2D eigenvalue weighted by atomic mass is 10.1. The molecule has 0 radical (unpaired) electrons. The van der Waals surface area contributed by atoms with E-state index in [1.54, 1.807) is 6.08 Å². The van der Waals surface area contributed by atoms with Gasteiger partial charge in [0.15, 0.2) is 5.11 Å². The van der Waals surface area contributed by atoms with Crippen LogP contribution in [0, 0.1) is 0 Å². The summed E-state index contributed by atoms with van der Waals surface area (Å²) in [6, 6.07) is 14.4. The number of rotatable bonds is 3. The average molecular weight is 242 g/mol. The van der Waals surface area contributed by atoms with E-state index in [1.807, 2.05) is 18.2 Å². The quantitative estimate of drug-likeness (QED) is 0.638. The van der Waals surface area contributed by atoms with Crippen LogP contribution in [0.5, 0.6) is 0 Å². The summed E-state index contributed by atoms with van der Waals surface area (Å²) < 4.78 is 0. The maximum atomic E-state index is 5.15. The van der Waals surface area contributed by atoms with Gasteiger partial charge in [0.1, 0.15) is 0 Å². The fourth-order valence-corrected chi connectivity index (χ4v) is 1.81. The molecule has 2 N–H and O–H groups in total. The molecule has 0 unspecified atom stereocenters. The number of fused-ring (bicyclic) bond motifs is 1. The van der Waals surface area contributed by atoms with Gasteiger partial charge in [-0.3, -0.25) is 0 Å². The molecule has 17 heavy (non-hydrogen) atoms. The third-order valence-corrected chi connectivity index (χ3v) is 2.66. The van der Waals surface area contributed by atoms with Gasteiger partial charge in [0, 0.05) is 12.2 Å². The summed E-state index contributed by atoms with van der Waals surface area (Å²) in [5, 5.41) is 9.21. The molecule has 0 aliphatic rings. The van der Waals surface area contributed by atoms with Crippen LogP contribution in [0.25, 0.3) is 10.8 Å². The van der Waals surface area contributed by atoms with Crippen molar-refractivity contribution in [3.8, 4) is 0 Å². The van der Waals surface area contributed by atoms with E-state index in [2.05, 4.69) is 41.5 Å². The summed E-state index contributed by atoms with van der Waals surface area (Å²) in [5.74, 6) is 0. The molecule has 0 aromatic heterocycles. The lowest BCUT2D eigenvalue weighted by molar-refractivity contribution is 1.06. The Labute approximate surface area is 106 Å². The molecule has 0 atom stereocenters. The first-order chi connectivity index (χ1) is 8.29. The van der Waals surface area contributed by atoms with Gasteiger partial charge in [-0.05, 0) is 35.1 Å². The zero-order valence-electron chi connectivity index (χ0n) is 9.44. The number of anilines is 1. The van der Waals surface area contributed by atoms with Crippen molar-refractivity contribution in [3.05, 3.63) is 55.1 Å². The standard InChI is InChI=1S/C14H14N2S/c1-2-9-15-14(17)16-13-8-7-11-5-3-4-6-12(11)10-13/h2-8,10H,1,9H2,(H2,15,16,17). The summed E-state index contributed by atoms with van der Waals surface area (Å²) in [4.78, 5) is 0. The van der Waals surface area contributed by atoms with Crippen LogP contribution in [-0.2, 0) is 0 Å². The van der Waals surface area contributed by atoms with Crippen LogP contribution in [0.15, 0.2) is 55.1 Å². The van der Waals surface area contributed by atoms with Crippen molar-refractivity contribution in [1.29, 1.82) is 0 Å². The Hall–Kier alpha value is -1.87. The van der Waals surface area contributed by atoms with E-state index >= 15 is 0 Å². The van der Waals surface area contributed by atoms with E-state index < -0.39 is 0 Å². The largest absolute Gasteiger partial charge is 0.359 e. The van der Waals surface area contributed by atoms with E-state index in [0.717, 1.165) is 5.69 Å². The minimum Gasteiger partial charge on any atom is -0.359 e. The summed E-state index contributed by atoms with van der Waals surface area (Å²) >= 11 is 5.15. The predicted octanol–water partition coefficient (Wildman–Crippen LogP) is 3.31. The lowest BCUT2D eigenvalue weighted by Crippen LogP contribution is -2.28. The maximum Gasteiger partial charge on any atom is 0.171 e. The highest BCUT2D eigenvalue weighted by molar-refractivity contribution is 7.80. The molecule has 86 valence electrons. The zero-order valence-corrected chi connectivity index (χ0v) is 10.3. The first-order valence-electron chi connectivity index (χ1n) is 5.44. The van der Waals surface area contributed by atoms with Crippen molar-refractivity contribution >= 4 is 33.8 Å². The van der Waals surface area contributed by atoms with E-state index in [4.69, 9.17) is 12.2 Å². The molecule has 2 nitrogen and oxygen atoms in total. The topological polar surface area (TPSA) is 24.1 Å². The highest BCUT2D eigenvalue weighted by Crippen LogP contribution is 2.18. The Bertz CT molecular complexity index is 549. The van der Waals surface area contributed by atoms with Gasteiger partial charge in [0.05, 0.1) is 0 Å². The molecule has 3 heteroatoms. The van der Waals surface area contributed by atoms with Crippen molar-refractivity contribution < 1.29 is 0 Å². The Morgan fingerprint density at radius 1 is 1.18 bits per heavy atom. The molecule has 0 heterocycles. The summed E-state index contributed by atoms with van der Waals surface area (Å²) in [7, 11) is 0. The van der Waals surface area contributed by atoms with Gasteiger partial charge in [-0.15, -0.1) is 6.58 Å². The second-order valence-electron chi connectivity index (χ2n) is 3.69. The molecule has 0 saturated heterocycles. The molecule has 0 aliphatic heterocycles. The van der Waals surface area contributed by atoms with Crippen LogP contribution >= 0.6 is 12.2 Å². The van der Waals surface area contributed by atoms with Crippen LogP contribution in [0.2, 0.25) is 0 Å². The molecule has 0 bridgehead atoms. The monoisotopic (exact) mass is 242 g/mol. The summed E-state index contributed by atoms with van der Waals surface area (Å²) in [5.41, 5.74) is 0.991. The second kappa shape index (κ2) is 5.46. The van der Waals surface area contributed by atoms with Crippen molar-refractivity contribution in [2.45, 2.75) is 0 Å². The van der Waals surface area contributed by atoms with Gasteiger partial charge in [0.25, 0.3) is 0 Å². The molecular formula is C14H14N2S. The van der Waals surface area contributed by atoms with Gasteiger partial charge >= 0.3 is 0 Å². The Morgan fingerprint density at radius 3 is 2.71 bits per heavy atom. The number of hydrogen-bond acceptors (Lipinski definition) is 1. The van der Waals surface area contributed by atoms with Crippen LogP contribution in [0.4, 0.5) is 5.69 Å². The lowest BCUT2D eigenvalue weighted by Gasteiger charge is -2.09. The normalized spacial score (nSPS) is 9.88. The van der Waals surface area contributed by atoms with Crippen molar-refractivity contribution in [2.75, 3.05) is 11.9 Å². The fourth-order valence-electron chi connectivity index (χ4n) is 1.61. The first kappa shape index (κ1) is 11.6. The van der Waals surface area contributed by atoms with Gasteiger partial charge in [-0.2, -0.15) is 0 Å². The number of nitrogens with one attached hydrogen (secondary N) is 2. The molecule has 0 fully saturated rings. The molecule has 0 aliphatic carbocycles. The molecular weight excluding hydrogens is 228 g/mol. The van der Waals surface area contributed by atoms with Crippen LogP contribution in [0.3, 0.4) is 0 Å². The average Bonchev–Trinajstić information content (AvgIpc) is 2.36. The van der Waals surface area contributed by atoms with Gasteiger partial charge in [-0.25, -0.2) is 0 Å². The molecule has 0 spiro atoms. The Morgan fingerprint density at radius 2 is 1.94 bits per heavy atom. The summed E-state index contributed by atoms with van der Waals surface area (Å²) in [6.07, 6.45) is 1.77. The van der Waals surface area contributed by atoms with Crippen LogP contribution < -0.4 is 10.6 Å². The maximum absolute atomic E-state index is 5.15. The molecule has 2 aromatic carbocycles. The highest BCUT2D eigenvalue weighted by Gasteiger charge is 1.97. The minimum atomic E-state index is 0.611. The van der Waals surface area contributed by atoms with E-state index in [0.29, 0.717) is 11.7 Å². The van der Waals surface area contributed by atoms with Crippen molar-refractivity contribution in [2.24, 2.45) is 0 Å². The highest BCUT2D eigenvalue weighted by atomic mass is 32.1. The van der Waals surface area contributed by atoms with Gasteiger partial charge in [-0.1, -0.05) is 36.4 Å². The molecule has 2 rings (SSSR count). The smallest absolute Gasteiger partial charge is 0.171 e. The van der Waals surface area contributed by atoms with Gasteiger partial charge < -0.3 is 10.6 Å². The van der Waals surface area contributed by atoms with Gasteiger partial charge in [0.2, 0.25) is 0 Å². The second-order valence-corrected chi connectivity index (χ2v) is 4.09. The third-order valence-electron chi connectivity index (χ3n) is 2.41. The Balaban J connectivity index is 2.13. The van der Waals surface area contributed by atoms with Crippen molar-refractivity contribution in [1.82, 2.24) is 5.32 Å². The summed E-state index contributed by atoms with van der Waals surface area (Å²) in [6.45, 7) is 4.30. The van der Waals surface area contributed by atoms with E-state index in [9.17, 15) is 0 Å². The SMILES string of the molecule is C=CCNC(=S)Nc1ccc2ccccc2c1. The third kappa shape index (κ3) is 3.04. The fraction of sp³-hybridized carbons (Fsp3) is 0.0714. The van der Waals surface area contributed by atoms with Crippen molar-refractivity contribution in [3.63, 3.8) is 0 Å². The van der Waals surface area contributed by atoms with E-state index in [-0.39, 0.29) is 0 Å². The Kier molecular flexibility index (Phi) is 3.73. The number of thiocarbonyl (C=S) groups is 1. The molecule has 0 saturated carbocycles. The predicted molar refractivity (Wildman–Crippen MR) is 78.4 cm³/mol. The number of hydrogen-bond donors (Lipinski definition) is 2.